The summed E-state index contributed by atoms with van der Waals surface area (Å²) in [6.07, 6.45) is 4.12. The van der Waals surface area contributed by atoms with Crippen LogP contribution in [0.4, 0.5) is 30.6 Å². The first kappa shape index (κ1) is 16.7. The number of anilines is 3. The van der Waals surface area contributed by atoms with Crippen LogP contribution >= 0.6 is 0 Å². The molecular weight excluding hydrogens is 333 g/mol. The van der Waals surface area contributed by atoms with Crippen LogP contribution in [0.1, 0.15) is 5.56 Å². The van der Waals surface area contributed by atoms with Crippen molar-refractivity contribution in [3.8, 4) is 0 Å². The summed E-state index contributed by atoms with van der Waals surface area (Å²) in [6, 6.07) is 3.78. The molecule has 0 amide bonds. The van der Waals surface area contributed by atoms with E-state index in [1.165, 1.54) is 29.6 Å². The Morgan fingerprint density at radius 1 is 1.16 bits per heavy atom. The van der Waals surface area contributed by atoms with Gasteiger partial charge in [-0.25, -0.2) is 18.2 Å². The van der Waals surface area contributed by atoms with Crippen LogP contribution in [-0.4, -0.2) is 19.7 Å². The number of aromatic nitrogens is 4. The molecule has 2 radical (unpaired) electrons. The molecule has 0 atom stereocenters. The summed E-state index contributed by atoms with van der Waals surface area (Å²) in [5.41, 5.74) is 0.633. The molecular formula is C16H13F3N6. The summed E-state index contributed by atoms with van der Waals surface area (Å²) in [5, 5.41) is 9.46. The Balaban J connectivity index is 1.74. The summed E-state index contributed by atoms with van der Waals surface area (Å²) in [6.45, 7) is 4.93. The van der Waals surface area contributed by atoms with Crippen molar-refractivity contribution in [1.29, 1.82) is 0 Å². The molecule has 0 spiro atoms. The molecule has 0 fully saturated rings. The van der Waals surface area contributed by atoms with Gasteiger partial charge in [0.05, 0.1) is 24.6 Å². The number of benzene rings is 1. The van der Waals surface area contributed by atoms with Gasteiger partial charge >= 0.3 is 0 Å². The van der Waals surface area contributed by atoms with E-state index in [-0.39, 0.29) is 23.9 Å². The van der Waals surface area contributed by atoms with Crippen molar-refractivity contribution < 1.29 is 13.2 Å². The molecule has 0 aliphatic rings. The van der Waals surface area contributed by atoms with Gasteiger partial charge in [0.2, 0.25) is 5.95 Å². The molecule has 3 aromatic rings. The van der Waals surface area contributed by atoms with Crippen LogP contribution in [0.15, 0.2) is 36.8 Å². The van der Waals surface area contributed by atoms with Crippen LogP contribution in [0.25, 0.3) is 0 Å². The van der Waals surface area contributed by atoms with E-state index in [9.17, 15) is 13.2 Å². The molecule has 0 saturated heterocycles. The van der Waals surface area contributed by atoms with Crippen LogP contribution in [0.3, 0.4) is 0 Å². The molecule has 25 heavy (non-hydrogen) atoms. The van der Waals surface area contributed by atoms with E-state index in [4.69, 9.17) is 0 Å². The summed E-state index contributed by atoms with van der Waals surface area (Å²) in [7, 11) is 0. The highest BCUT2D eigenvalue weighted by atomic mass is 19.2. The van der Waals surface area contributed by atoms with E-state index in [1.54, 1.807) is 6.20 Å². The maximum absolute atomic E-state index is 13.8. The molecule has 0 saturated carbocycles. The summed E-state index contributed by atoms with van der Waals surface area (Å²) >= 11 is 0. The van der Waals surface area contributed by atoms with E-state index >= 15 is 0 Å². The minimum Gasteiger partial charge on any atom is -0.363 e. The van der Waals surface area contributed by atoms with Gasteiger partial charge in [-0.3, -0.25) is 4.68 Å². The van der Waals surface area contributed by atoms with Gasteiger partial charge in [0, 0.05) is 18.3 Å². The second-order valence-electron chi connectivity index (χ2n) is 4.97. The van der Waals surface area contributed by atoms with Crippen molar-refractivity contribution in [3.63, 3.8) is 0 Å². The zero-order valence-corrected chi connectivity index (χ0v) is 12.9. The number of hydrogen-bond donors (Lipinski definition) is 2. The van der Waals surface area contributed by atoms with Crippen LogP contribution in [-0.2, 0) is 6.54 Å². The van der Waals surface area contributed by atoms with Crippen molar-refractivity contribution in [2.24, 2.45) is 0 Å². The van der Waals surface area contributed by atoms with Crippen LogP contribution in [0, 0.1) is 30.9 Å². The lowest BCUT2D eigenvalue weighted by Crippen LogP contribution is -2.08. The average Bonchev–Trinajstić information content (AvgIpc) is 3.06. The lowest BCUT2D eigenvalue weighted by Gasteiger charge is -2.09. The Labute approximate surface area is 141 Å². The predicted molar refractivity (Wildman–Crippen MR) is 86.2 cm³/mol. The fourth-order valence-corrected chi connectivity index (χ4v) is 2.05. The SMILES string of the molecule is [CH2][CH]n1cc(Nc2ncc(F)c(NCc3cccc(F)c3F)n2)cn1. The number of rotatable bonds is 6. The smallest absolute Gasteiger partial charge is 0.229 e. The molecule has 1 aromatic carbocycles. The molecule has 0 unspecified atom stereocenters. The molecule has 9 heteroatoms. The molecule has 0 aliphatic carbocycles. The number of nitrogens with one attached hydrogen (secondary N) is 2. The predicted octanol–water partition coefficient (Wildman–Crippen LogP) is 3.29. The van der Waals surface area contributed by atoms with Gasteiger partial charge in [0.25, 0.3) is 0 Å². The quantitative estimate of drug-likeness (QED) is 0.717. The highest BCUT2D eigenvalue weighted by molar-refractivity contribution is 5.53. The first-order chi connectivity index (χ1) is 12.1. The lowest BCUT2D eigenvalue weighted by molar-refractivity contribution is 0.500. The molecule has 3 rings (SSSR count). The van der Waals surface area contributed by atoms with Gasteiger partial charge in [-0.1, -0.05) is 12.1 Å². The second kappa shape index (κ2) is 7.20. The van der Waals surface area contributed by atoms with E-state index < -0.39 is 17.5 Å². The zero-order valence-electron chi connectivity index (χ0n) is 12.9. The van der Waals surface area contributed by atoms with Crippen LogP contribution in [0.2, 0.25) is 0 Å². The second-order valence-corrected chi connectivity index (χ2v) is 4.97. The fourth-order valence-electron chi connectivity index (χ4n) is 2.05. The largest absolute Gasteiger partial charge is 0.363 e. The standard InChI is InChI=1S/C16H13F3N6/c1-2-25-9-11(7-22-25)23-16-21-8-13(18)15(24-16)20-6-10-4-3-5-12(17)14(10)19/h2-5,7-9H,1,6H2,(H2,20,21,23,24). The van der Waals surface area contributed by atoms with Gasteiger partial charge in [-0.2, -0.15) is 10.1 Å². The van der Waals surface area contributed by atoms with Crippen molar-refractivity contribution >= 4 is 17.5 Å². The highest BCUT2D eigenvalue weighted by Crippen LogP contribution is 2.18. The first-order valence-electron chi connectivity index (χ1n) is 7.20. The molecule has 128 valence electrons. The fraction of sp³-hybridized carbons (Fsp3) is 0.0625. The monoisotopic (exact) mass is 346 g/mol. The van der Waals surface area contributed by atoms with E-state index in [0.717, 1.165) is 12.3 Å². The summed E-state index contributed by atoms with van der Waals surface area (Å²) in [4.78, 5) is 7.80. The van der Waals surface area contributed by atoms with Gasteiger partial charge in [-0.15, -0.1) is 0 Å². The van der Waals surface area contributed by atoms with E-state index in [1.807, 2.05) is 0 Å². The number of halogens is 3. The average molecular weight is 346 g/mol. The Hall–Kier alpha value is -3.10. The molecule has 2 aromatic heterocycles. The third-order valence-electron chi connectivity index (χ3n) is 3.27. The third-order valence-corrected chi connectivity index (χ3v) is 3.27. The maximum Gasteiger partial charge on any atom is 0.229 e. The topological polar surface area (TPSA) is 67.7 Å². The summed E-state index contributed by atoms with van der Waals surface area (Å²) in [5.74, 6) is -2.70. The highest BCUT2D eigenvalue weighted by Gasteiger charge is 2.11. The van der Waals surface area contributed by atoms with Crippen molar-refractivity contribution in [2.45, 2.75) is 6.54 Å². The van der Waals surface area contributed by atoms with Crippen LogP contribution in [0.5, 0.6) is 0 Å². The number of hydrogen-bond acceptors (Lipinski definition) is 5. The Kier molecular flexibility index (Phi) is 4.82. The van der Waals surface area contributed by atoms with Crippen LogP contribution < -0.4 is 10.6 Å². The molecule has 2 heterocycles. The van der Waals surface area contributed by atoms with Gasteiger partial charge < -0.3 is 10.6 Å². The van der Waals surface area contributed by atoms with Crippen molar-refractivity contribution in [1.82, 2.24) is 19.7 Å². The van der Waals surface area contributed by atoms with Gasteiger partial charge in [0.1, 0.15) is 0 Å². The van der Waals surface area contributed by atoms with E-state index in [2.05, 4.69) is 32.6 Å². The Morgan fingerprint density at radius 3 is 2.76 bits per heavy atom. The normalized spacial score (nSPS) is 10.7. The van der Waals surface area contributed by atoms with Crippen molar-refractivity contribution in [3.05, 3.63) is 73.3 Å². The molecule has 0 aliphatic heterocycles. The van der Waals surface area contributed by atoms with Gasteiger partial charge in [-0.05, 0) is 13.0 Å². The maximum atomic E-state index is 13.8. The Bertz CT molecular complexity index is 880. The minimum atomic E-state index is -0.986. The Morgan fingerprint density at radius 2 is 2.00 bits per heavy atom. The molecule has 0 bridgehead atoms. The third kappa shape index (κ3) is 3.87. The van der Waals surface area contributed by atoms with E-state index in [0.29, 0.717) is 5.69 Å². The molecule has 2 N–H and O–H groups in total. The molecule has 6 nitrogen and oxygen atoms in total. The lowest BCUT2D eigenvalue weighted by atomic mass is 10.2. The first-order valence-corrected chi connectivity index (χ1v) is 7.20. The van der Waals surface area contributed by atoms with Crippen molar-refractivity contribution in [2.75, 3.05) is 10.6 Å². The number of nitrogens with zero attached hydrogens (tertiary/aromatic N) is 4. The summed E-state index contributed by atoms with van der Waals surface area (Å²) < 4.78 is 42.1. The van der Waals surface area contributed by atoms with Gasteiger partial charge in [0.15, 0.2) is 23.3 Å². The minimum absolute atomic E-state index is 0.0554. The zero-order chi connectivity index (χ0) is 17.8.